The van der Waals surface area contributed by atoms with Crippen LogP contribution < -0.4 is 15.8 Å². The molecule has 4 nitrogen and oxygen atoms in total. The Labute approximate surface area is 108 Å². The zero-order chi connectivity index (χ0) is 12.8. The molecule has 3 N–H and O–H groups in total. The highest BCUT2D eigenvalue weighted by Gasteiger charge is 2.15. The Kier molecular flexibility index (Phi) is 5.55. The van der Waals surface area contributed by atoms with Gasteiger partial charge in [0, 0.05) is 6.54 Å². The highest BCUT2D eigenvalue weighted by molar-refractivity contribution is 7.11. The Morgan fingerprint density at radius 2 is 2.00 bits per heavy atom. The molecule has 0 spiro atoms. The number of rotatable bonds is 7. The molecule has 0 radical (unpaired) electrons. The smallest absolute Gasteiger partial charge is 0.197 e. The summed E-state index contributed by atoms with van der Waals surface area (Å²) in [7, 11) is 0. The molecular formula is C12H23N3OS. The maximum absolute atomic E-state index is 5.80. The van der Waals surface area contributed by atoms with Crippen molar-refractivity contribution >= 4 is 22.4 Å². The highest BCUT2D eigenvalue weighted by atomic mass is 32.1. The van der Waals surface area contributed by atoms with E-state index in [9.17, 15) is 0 Å². The first-order valence-electron chi connectivity index (χ1n) is 6.24. The SMILES string of the molecule is CCC(CC)CNc1snc(N)c1OC(C)C. The molecule has 0 aliphatic rings. The zero-order valence-electron chi connectivity index (χ0n) is 11.1. The molecule has 1 heterocycles. The Morgan fingerprint density at radius 1 is 1.35 bits per heavy atom. The van der Waals surface area contributed by atoms with E-state index in [2.05, 4.69) is 23.5 Å². The fourth-order valence-corrected chi connectivity index (χ4v) is 2.23. The van der Waals surface area contributed by atoms with Crippen LogP contribution in [0.1, 0.15) is 40.5 Å². The predicted octanol–water partition coefficient (Wildman–Crippen LogP) is 3.36. The third-order valence-corrected chi connectivity index (χ3v) is 3.53. The molecule has 0 amide bonds. The topological polar surface area (TPSA) is 60.2 Å². The molecule has 0 fully saturated rings. The van der Waals surface area contributed by atoms with Crippen LogP contribution in [0.4, 0.5) is 10.8 Å². The Bertz CT molecular complexity index is 334. The van der Waals surface area contributed by atoms with Crippen LogP contribution in [0.3, 0.4) is 0 Å². The van der Waals surface area contributed by atoms with Gasteiger partial charge in [0.05, 0.1) is 6.10 Å². The number of aromatic nitrogens is 1. The van der Waals surface area contributed by atoms with Crippen LogP contribution in [-0.4, -0.2) is 17.0 Å². The van der Waals surface area contributed by atoms with Crippen molar-refractivity contribution in [3.8, 4) is 5.75 Å². The van der Waals surface area contributed by atoms with Crippen molar-refractivity contribution in [1.82, 2.24) is 4.37 Å². The lowest BCUT2D eigenvalue weighted by atomic mass is 10.0. The lowest BCUT2D eigenvalue weighted by Crippen LogP contribution is -2.14. The Hall–Kier alpha value is -0.970. The number of hydrogen-bond donors (Lipinski definition) is 2. The summed E-state index contributed by atoms with van der Waals surface area (Å²) in [4.78, 5) is 0. The zero-order valence-corrected chi connectivity index (χ0v) is 11.9. The summed E-state index contributed by atoms with van der Waals surface area (Å²) in [5.74, 6) is 1.87. The largest absolute Gasteiger partial charge is 0.484 e. The van der Waals surface area contributed by atoms with Crippen molar-refractivity contribution in [2.45, 2.75) is 46.6 Å². The van der Waals surface area contributed by atoms with Crippen LogP contribution in [0.2, 0.25) is 0 Å². The molecule has 1 aromatic heterocycles. The molecule has 0 unspecified atom stereocenters. The summed E-state index contributed by atoms with van der Waals surface area (Å²) < 4.78 is 9.81. The number of nitrogens with one attached hydrogen (secondary N) is 1. The number of nitrogens with two attached hydrogens (primary N) is 1. The van der Waals surface area contributed by atoms with Crippen LogP contribution in [0.5, 0.6) is 5.75 Å². The molecule has 0 aliphatic heterocycles. The highest BCUT2D eigenvalue weighted by Crippen LogP contribution is 2.36. The number of nitrogens with zero attached hydrogens (tertiary/aromatic N) is 1. The van der Waals surface area contributed by atoms with E-state index in [1.54, 1.807) is 0 Å². The molecule has 0 saturated heterocycles. The van der Waals surface area contributed by atoms with Gasteiger partial charge in [-0.25, -0.2) is 0 Å². The molecule has 0 aliphatic carbocycles. The molecule has 0 atom stereocenters. The minimum atomic E-state index is 0.113. The molecule has 5 heteroatoms. The van der Waals surface area contributed by atoms with Crippen molar-refractivity contribution in [2.24, 2.45) is 5.92 Å². The van der Waals surface area contributed by atoms with Gasteiger partial charge in [-0.15, -0.1) is 0 Å². The fraction of sp³-hybridized carbons (Fsp3) is 0.750. The summed E-state index contributed by atoms with van der Waals surface area (Å²) in [6.07, 6.45) is 2.47. The summed E-state index contributed by atoms with van der Waals surface area (Å²) >= 11 is 1.37. The number of hydrogen-bond acceptors (Lipinski definition) is 5. The van der Waals surface area contributed by atoms with Gasteiger partial charge in [0.15, 0.2) is 16.6 Å². The molecular weight excluding hydrogens is 234 g/mol. The Morgan fingerprint density at radius 3 is 2.53 bits per heavy atom. The monoisotopic (exact) mass is 257 g/mol. The average Bonchev–Trinajstić information content (AvgIpc) is 2.62. The van der Waals surface area contributed by atoms with Crippen molar-refractivity contribution < 1.29 is 4.74 Å². The lowest BCUT2D eigenvalue weighted by Gasteiger charge is -2.15. The van der Waals surface area contributed by atoms with E-state index in [0.717, 1.165) is 11.5 Å². The molecule has 0 saturated carbocycles. The van der Waals surface area contributed by atoms with E-state index < -0.39 is 0 Å². The molecule has 98 valence electrons. The summed E-state index contributed by atoms with van der Waals surface area (Å²) in [5.41, 5.74) is 5.80. The first-order chi connectivity index (χ1) is 8.08. The van der Waals surface area contributed by atoms with Crippen molar-refractivity contribution in [2.75, 3.05) is 17.6 Å². The van der Waals surface area contributed by atoms with Crippen LogP contribution >= 0.6 is 11.5 Å². The minimum absolute atomic E-state index is 0.113. The van der Waals surface area contributed by atoms with Crippen molar-refractivity contribution in [1.29, 1.82) is 0 Å². The van der Waals surface area contributed by atoms with Gasteiger partial charge in [-0.1, -0.05) is 26.7 Å². The van der Waals surface area contributed by atoms with Gasteiger partial charge < -0.3 is 15.8 Å². The lowest BCUT2D eigenvalue weighted by molar-refractivity contribution is 0.245. The number of anilines is 2. The number of ether oxygens (including phenoxy) is 1. The van der Waals surface area contributed by atoms with Crippen LogP contribution in [0.25, 0.3) is 0 Å². The predicted molar refractivity (Wildman–Crippen MR) is 74.9 cm³/mol. The maximum Gasteiger partial charge on any atom is 0.197 e. The molecule has 1 aromatic rings. The third kappa shape index (κ3) is 4.07. The minimum Gasteiger partial charge on any atom is -0.484 e. The van der Waals surface area contributed by atoms with Gasteiger partial charge in [0.1, 0.15) is 0 Å². The van der Waals surface area contributed by atoms with E-state index in [-0.39, 0.29) is 6.10 Å². The first kappa shape index (κ1) is 14.1. The fourth-order valence-electron chi connectivity index (χ4n) is 1.57. The molecule has 0 aromatic carbocycles. The van der Waals surface area contributed by atoms with E-state index >= 15 is 0 Å². The Balaban J connectivity index is 2.64. The van der Waals surface area contributed by atoms with Gasteiger partial charge in [-0.2, -0.15) is 4.37 Å². The second kappa shape index (κ2) is 6.69. The second-order valence-electron chi connectivity index (χ2n) is 4.46. The summed E-state index contributed by atoms with van der Waals surface area (Å²) in [6, 6.07) is 0. The number of nitrogen functional groups attached to an aromatic ring is 1. The van der Waals surface area contributed by atoms with Crippen molar-refractivity contribution in [3.05, 3.63) is 0 Å². The van der Waals surface area contributed by atoms with Gasteiger partial charge in [-0.05, 0) is 31.3 Å². The molecule has 1 rings (SSSR count). The van der Waals surface area contributed by atoms with E-state index in [4.69, 9.17) is 10.5 Å². The average molecular weight is 257 g/mol. The van der Waals surface area contributed by atoms with Gasteiger partial charge in [0.2, 0.25) is 0 Å². The van der Waals surface area contributed by atoms with E-state index in [1.807, 2.05) is 13.8 Å². The van der Waals surface area contributed by atoms with Gasteiger partial charge >= 0.3 is 0 Å². The van der Waals surface area contributed by atoms with Crippen LogP contribution in [-0.2, 0) is 0 Å². The van der Waals surface area contributed by atoms with E-state index in [1.165, 1.54) is 24.4 Å². The normalized spacial score (nSPS) is 11.2. The van der Waals surface area contributed by atoms with Crippen molar-refractivity contribution in [3.63, 3.8) is 0 Å². The van der Waals surface area contributed by atoms with Crippen LogP contribution in [0.15, 0.2) is 0 Å². The maximum atomic E-state index is 5.80. The quantitative estimate of drug-likeness (QED) is 0.786. The van der Waals surface area contributed by atoms with E-state index in [0.29, 0.717) is 17.5 Å². The molecule has 0 bridgehead atoms. The summed E-state index contributed by atoms with van der Waals surface area (Å²) in [5, 5.41) is 4.34. The second-order valence-corrected chi connectivity index (χ2v) is 5.23. The first-order valence-corrected chi connectivity index (χ1v) is 7.01. The van der Waals surface area contributed by atoms with Gasteiger partial charge in [0.25, 0.3) is 0 Å². The molecule has 17 heavy (non-hydrogen) atoms. The standard InChI is InChI=1S/C12H23N3OS/c1-5-9(6-2)7-14-12-10(16-8(3)4)11(13)15-17-12/h8-9,14H,5-7H2,1-4H3,(H2,13,15). The third-order valence-electron chi connectivity index (χ3n) is 2.73. The van der Waals surface area contributed by atoms with Gasteiger partial charge in [-0.3, -0.25) is 0 Å². The summed E-state index contributed by atoms with van der Waals surface area (Å²) in [6.45, 7) is 9.34. The van der Waals surface area contributed by atoms with Crippen LogP contribution in [0, 0.1) is 5.92 Å².